The molecule has 94 valence electrons. The van der Waals surface area contributed by atoms with Gasteiger partial charge in [-0.3, -0.25) is 4.79 Å². The lowest BCUT2D eigenvalue weighted by Crippen LogP contribution is -2.12. The maximum Gasteiger partial charge on any atom is 0.310 e. The van der Waals surface area contributed by atoms with Crippen LogP contribution in [0.1, 0.15) is 31.2 Å². The molecule has 0 aliphatic rings. The lowest BCUT2D eigenvalue weighted by Gasteiger charge is -2.12. The van der Waals surface area contributed by atoms with Gasteiger partial charge in [0.1, 0.15) is 0 Å². The molecule has 0 fully saturated rings. The Hall–Kier alpha value is -1.06. The molecule has 1 aromatic carbocycles. The smallest absolute Gasteiger partial charge is 0.310 e. The normalized spacial score (nSPS) is 12.4. The van der Waals surface area contributed by atoms with Crippen molar-refractivity contribution in [2.24, 2.45) is 0 Å². The molecule has 1 rings (SSSR count). The molecule has 1 unspecified atom stereocenters. The average molecular weight is 257 g/mol. The molecular formula is C13H17ClO3. The van der Waals surface area contributed by atoms with Gasteiger partial charge in [-0.2, -0.15) is 0 Å². The molecule has 0 bridgehead atoms. The van der Waals surface area contributed by atoms with Crippen LogP contribution < -0.4 is 0 Å². The first kappa shape index (κ1) is 14.0. The minimum absolute atomic E-state index is 0.479. The zero-order chi connectivity index (χ0) is 12.7. The highest BCUT2D eigenvalue weighted by atomic mass is 35.5. The molecule has 0 amide bonds. The summed E-state index contributed by atoms with van der Waals surface area (Å²) in [4.78, 5) is 11.2. The molecule has 4 heteroatoms. The summed E-state index contributed by atoms with van der Waals surface area (Å²) in [6.07, 6.45) is 1.32. The van der Waals surface area contributed by atoms with E-state index in [4.69, 9.17) is 16.3 Å². The number of carboxylic acid groups (broad SMARTS) is 1. The van der Waals surface area contributed by atoms with Gasteiger partial charge in [0.2, 0.25) is 0 Å². The maximum absolute atomic E-state index is 11.2. The molecule has 17 heavy (non-hydrogen) atoms. The molecule has 0 heterocycles. The van der Waals surface area contributed by atoms with Gasteiger partial charge in [-0.1, -0.05) is 23.7 Å². The molecule has 1 N–H and O–H groups in total. The van der Waals surface area contributed by atoms with E-state index in [9.17, 15) is 9.90 Å². The van der Waals surface area contributed by atoms with E-state index in [0.717, 1.165) is 12.0 Å². The van der Waals surface area contributed by atoms with Crippen molar-refractivity contribution in [3.05, 3.63) is 34.9 Å². The van der Waals surface area contributed by atoms with Crippen molar-refractivity contribution in [2.45, 2.75) is 25.7 Å². The van der Waals surface area contributed by atoms with Crippen molar-refractivity contribution >= 4 is 17.6 Å². The second-order valence-corrected chi connectivity index (χ2v) is 4.22. The fourth-order valence-corrected chi connectivity index (χ4v) is 1.79. The summed E-state index contributed by atoms with van der Waals surface area (Å²) in [5, 5.41) is 9.80. The first-order valence-corrected chi connectivity index (χ1v) is 6.09. The third-order valence-electron chi connectivity index (χ3n) is 2.56. The summed E-state index contributed by atoms with van der Waals surface area (Å²) in [5.74, 6) is -1.28. The van der Waals surface area contributed by atoms with E-state index in [1.807, 2.05) is 6.92 Å². The van der Waals surface area contributed by atoms with Crippen LogP contribution in [-0.4, -0.2) is 24.3 Å². The van der Waals surface area contributed by atoms with Crippen molar-refractivity contribution < 1.29 is 14.6 Å². The van der Waals surface area contributed by atoms with Crippen molar-refractivity contribution in [1.82, 2.24) is 0 Å². The molecule has 0 saturated heterocycles. The van der Waals surface area contributed by atoms with E-state index >= 15 is 0 Å². The largest absolute Gasteiger partial charge is 0.481 e. The minimum Gasteiger partial charge on any atom is -0.481 e. The predicted octanol–water partition coefficient (Wildman–Crippen LogP) is 3.32. The Labute approximate surface area is 106 Å². The first-order valence-electron chi connectivity index (χ1n) is 5.71. The highest BCUT2D eigenvalue weighted by Gasteiger charge is 2.18. The third-order valence-corrected chi connectivity index (χ3v) is 2.81. The zero-order valence-electron chi connectivity index (χ0n) is 9.86. The zero-order valence-corrected chi connectivity index (χ0v) is 10.6. The van der Waals surface area contributed by atoms with Gasteiger partial charge in [0.05, 0.1) is 5.92 Å². The summed E-state index contributed by atoms with van der Waals surface area (Å²) >= 11 is 5.77. The fourth-order valence-electron chi connectivity index (χ4n) is 1.66. The van der Waals surface area contributed by atoms with E-state index in [-0.39, 0.29) is 0 Å². The Morgan fingerprint density at radius 1 is 1.41 bits per heavy atom. The number of rotatable bonds is 7. The average Bonchev–Trinajstić information content (AvgIpc) is 2.30. The number of halogens is 1. The number of hydrogen-bond acceptors (Lipinski definition) is 2. The Morgan fingerprint density at radius 2 is 2.06 bits per heavy atom. The number of carbonyl (C=O) groups is 1. The monoisotopic (exact) mass is 256 g/mol. The molecule has 1 atom stereocenters. The Balaban J connectivity index is 2.59. The van der Waals surface area contributed by atoms with Crippen molar-refractivity contribution in [2.75, 3.05) is 13.2 Å². The van der Waals surface area contributed by atoms with Gasteiger partial charge in [0, 0.05) is 18.2 Å². The second kappa shape index (κ2) is 7.30. The number of hydrogen-bond donors (Lipinski definition) is 1. The molecule has 0 aliphatic heterocycles. The van der Waals surface area contributed by atoms with E-state index in [1.54, 1.807) is 24.3 Å². The predicted molar refractivity (Wildman–Crippen MR) is 67.6 cm³/mol. The van der Waals surface area contributed by atoms with E-state index in [0.29, 0.717) is 24.7 Å². The summed E-state index contributed by atoms with van der Waals surface area (Å²) in [5.41, 5.74) is 0.790. The van der Waals surface area contributed by atoms with Crippen LogP contribution in [0, 0.1) is 0 Å². The molecule has 1 aromatic rings. The van der Waals surface area contributed by atoms with Gasteiger partial charge < -0.3 is 9.84 Å². The lowest BCUT2D eigenvalue weighted by molar-refractivity contribution is -0.139. The number of aliphatic carboxylic acids is 1. The van der Waals surface area contributed by atoms with Crippen LogP contribution >= 0.6 is 11.6 Å². The Kier molecular flexibility index (Phi) is 6.01. The summed E-state index contributed by atoms with van der Waals surface area (Å²) in [6.45, 7) is 3.19. The maximum atomic E-state index is 11.2. The van der Waals surface area contributed by atoms with Gasteiger partial charge in [-0.25, -0.2) is 0 Å². The van der Waals surface area contributed by atoms with Crippen molar-refractivity contribution in [1.29, 1.82) is 0 Å². The molecule has 3 nitrogen and oxygen atoms in total. The molecule has 0 radical (unpaired) electrons. The Bertz CT molecular complexity index is 348. The van der Waals surface area contributed by atoms with Crippen LogP contribution in [0.25, 0.3) is 0 Å². The number of carboxylic acids is 1. The van der Waals surface area contributed by atoms with Crippen LogP contribution in [0.5, 0.6) is 0 Å². The number of ether oxygens (including phenoxy) is 1. The molecule has 0 saturated carbocycles. The van der Waals surface area contributed by atoms with Gasteiger partial charge in [0.25, 0.3) is 0 Å². The van der Waals surface area contributed by atoms with E-state index < -0.39 is 11.9 Å². The highest BCUT2D eigenvalue weighted by molar-refractivity contribution is 6.30. The van der Waals surface area contributed by atoms with Gasteiger partial charge >= 0.3 is 5.97 Å². The van der Waals surface area contributed by atoms with Crippen molar-refractivity contribution in [3.63, 3.8) is 0 Å². The fraction of sp³-hybridized carbons (Fsp3) is 0.462. The third kappa shape index (κ3) is 4.75. The summed E-state index contributed by atoms with van der Waals surface area (Å²) in [7, 11) is 0. The van der Waals surface area contributed by atoms with Gasteiger partial charge in [-0.15, -0.1) is 0 Å². The van der Waals surface area contributed by atoms with Crippen LogP contribution in [0.3, 0.4) is 0 Å². The summed E-state index contributed by atoms with van der Waals surface area (Å²) < 4.78 is 5.20. The minimum atomic E-state index is -0.802. The van der Waals surface area contributed by atoms with Crippen LogP contribution in [-0.2, 0) is 9.53 Å². The van der Waals surface area contributed by atoms with Crippen LogP contribution in [0.4, 0.5) is 0 Å². The lowest BCUT2D eigenvalue weighted by atomic mass is 9.94. The second-order valence-electron chi connectivity index (χ2n) is 3.78. The van der Waals surface area contributed by atoms with E-state index in [2.05, 4.69) is 0 Å². The number of benzene rings is 1. The quantitative estimate of drug-likeness (QED) is 0.761. The molecule has 0 spiro atoms. The standard InChI is InChI=1S/C13H17ClO3/c1-2-17-9-3-4-12(13(15)16)10-5-7-11(14)8-6-10/h5-8,12H,2-4,9H2,1H3,(H,15,16). The van der Waals surface area contributed by atoms with Crippen molar-refractivity contribution in [3.8, 4) is 0 Å². The Morgan fingerprint density at radius 3 is 2.59 bits per heavy atom. The first-order chi connectivity index (χ1) is 8.15. The topological polar surface area (TPSA) is 46.5 Å². The van der Waals surface area contributed by atoms with Crippen LogP contribution in [0.2, 0.25) is 5.02 Å². The van der Waals surface area contributed by atoms with E-state index in [1.165, 1.54) is 0 Å². The molecule has 0 aliphatic carbocycles. The molecular weight excluding hydrogens is 240 g/mol. The van der Waals surface area contributed by atoms with Gasteiger partial charge in [0.15, 0.2) is 0 Å². The SMILES string of the molecule is CCOCCCC(C(=O)O)c1ccc(Cl)cc1. The summed E-state index contributed by atoms with van der Waals surface area (Å²) in [6, 6.07) is 6.97. The highest BCUT2D eigenvalue weighted by Crippen LogP contribution is 2.23. The molecule has 0 aromatic heterocycles. The van der Waals surface area contributed by atoms with Gasteiger partial charge in [-0.05, 0) is 37.5 Å². The van der Waals surface area contributed by atoms with Crippen LogP contribution in [0.15, 0.2) is 24.3 Å².